The van der Waals surface area contributed by atoms with Crippen molar-refractivity contribution in [3.63, 3.8) is 0 Å². The summed E-state index contributed by atoms with van der Waals surface area (Å²) in [6, 6.07) is 7.91. The fourth-order valence-electron chi connectivity index (χ4n) is 2.43. The minimum Gasteiger partial charge on any atom is -0.507 e. The van der Waals surface area contributed by atoms with E-state index < -0.39 is 5.97 Å². The Bertz CT molecular complexity index is 715. The number of carboxylic acid groups (broad SMARTS) is 1. The number of hydrogen-bond donors (Lipinski definition) is 2. The number of rotatable bonds is 4. The van der Waals surface area contributed by atoms with Gasteiger partial charge in [0, 0.05) is 19.2 Å². The van der Waals surface area contributed by atoms with Crippen LogP contribution in [0.4, 0.5) is 11.6 Å². The first-order chi connectivity index (χ1) is 10.6. The van der Waals surface area contributed by atoms with Gasteiger partial charge in [-0.1, -0.05) is 0 Å². The highest BCUT2D eigenvalue weighted by Gasteiger charge is 2.15. The first-order valence-corrected chi connectivity index (χ1v) is 7.08. The van der Waals surface area contributed by atoms with E-state index in [1.165, 1.54) is 31.2 Å². The lowest BCUT2D eigenvalue weighted by Gasteiger charge is -2.12. The fraction of sp³-hybridized carbons (Fsp3) is 0.250. The van der Waals surface area contributed by atoms with Crippen molar-refractivity contribution in [1.82, 2.24) is 0 Å². The van der Waals surface area contributed by atoms with Gasteiger partial charge in [-0.2, -0.15) is 0 Å². The molecule has 0 amide bonds. The van der Waals surface area contributed by atoms with Crippen LogP contribution in [-0.4, -0.2) is 35.5 Å². The van der Waals surface area contributed by atoms with Crippen molar-refractivity contribution >= 4 is 23.8 Å². The number of hydrogen-bond acceptors (Lipinski definition) is 5. The monoisotopic (exact) mass is 300 g/mol. The van der Waals surface area contributed by atoms with Gasteiger partial charge in [-0.25, -0.2) is 4.79 Å². The number of phenols is 1. The summed E-state index contributed by atoms with van der Waals surface area (Å²) < 4.78 is 5.70. The molecule has 1 fully saturated rings. The number of benzene rings is 1. The van der Waals surface area contributed by atoms with E-state index in [2.05, 4.69) is 9.89 Å². The van der Waals surface area contributed by atoms with Crippen LogP contribution in [0.1, 0.15) is 29.0 Å². The molecule has 0 unspecified atom stereocenters. The summed E-state index contributed by atoms with van der Waals surface area (Å²) in [4.78, 5) is 17.3. The van der Waals surface area contributed by atoms with E-state index in [0.717, 1.165) is 19.0 Å². The number of aromatic carboxylic acids is 1. The molecule has 0 radical (unpaired) electrons. The highest BCUT2D eigenvalue weighted by atomic mass is 16.4. The van der Waals surface area contributed by atoms with Crippen molar-refractivity contribution in [2.75, 3.05) is 18.0 Å². The van der Waals surface area contributed by atoms with Crippen molar-refractivity contribution in [3.8, 4) is 5.75 Å². The Morgan fingerprint density at radius 3 is 2.73 bits per heavy atom. The average molecular weight is 300 g/mol. The molecule has 1 aliphatic heterocycles. The van der Waals surface area contributed by atoms with E-state index >= 15 is 0 Å². The molecule has 2 N–H and O–H groups in total. The third-order valence-electron chi connectivity index (χ3n) is 3.58. The molecule has 2 heterocycles. The second-order valence-corrected chi connectivity index (χ2v) is 5.13. The molecule has 6 heteroatoms. The van der Waals surface area contributed by atoms with Gasteiger partial charge in [-0.15, -0.1) is 0 Å². The zero-order chi connectivity index (χ0) is 15.5. The topological polar surface area (TPSA) is 86.3 Å². The SMILES string of the molecule is O=C(O)c1cc(N=Cc2ccc(N3CCCC3)o2)ccc1O. The Balaban J connectivity index is 1.76. The van der Waals surface area contributed by atoms with E-state index in [1.807, 2.05) is 12.1 Å². The Kier molecular flexibility index (Phi) is 3.82. The van der Waals surface area contributed by atoms with Crippen molar-refractivity contribution in [2.45, 2.75) is 12.8 Å². The third kappa shape index (κ3) is 2.95. The highest BCUT2D eigenvalue weighted by Crippen LogP contribution is 2.25. The maximum Gasteiger partial charge on any atom is 0.339 e. The van der Waals surface area contributed by atoms with E-state index in [1.54, 1.807) is 6.07 Å². The fourth-order valence-corrected chi connectivity index (χ4v) is 2.43. The summed E-state index contributed by atoms with van der Waals surface area (Å²) in [7, 11) is 0. The maximum atomic E-state index is 11.0. The molecular weight excluding hydrogens is 284 g/mol. The molecule has 1 aliphatic rings. The molecule has 6 nitrogen and oxygen atoms in total. The smallest absolute Gasteiger partial charge is 0.339 e. The van der Waals surface area contributed by atoms with Crippen LogP contribution in [0.2, 0.25) is 0 Å². The minimum atomic E-state index is -1.19. The number of nitrogens with zero attached hydrogens (tertiary/aromatic N) is 2. The number of aliphatic imine (C=N–C) groups is 1. The van der Waals surface area contributed by atoms with Crippen LogP contribution in [0.5, 0.6) is 5.75 Å². The lowest BCUT2D eigenvalue weighted by atomic mass is 10.2. The van der Waals surface area contributed by atoms with Crippen molar-refractivity contribution < 1.29 is 19.4 Å². The summed E-state index contributed by atoms with van der Waals surface area (Å²) in [5, 5.41) is 18.4. The highest BCUT2D eigenvalue weighted by molar-refractivity contribution is 5.92. The van der Waals surface area contributed by atoms with Crippen LogP contribution < -0.4 is 4.90 Å². The largest absolute Gasteiger partial charge is 0.507 e. The predicted molar refractivity (Wildman–Crippen MR) is 82.5 cm³/mol. The molecule has 0 atom stereocenters. The minimum absolute atomic E-state index is 0.174. The summed E-state index contributed by atoms with van der Waals surface area (Å²) in [6.45, 7) is 2.01. The molecule has 114 valence electrons. The lowest BCUT2D eigenvalue weighted by molar-refractivity contribution is 0.0694. The first kappa shape index (κ1) is 14.2. The molecule has 1 aromatic carbocycles. The number of anilines is 1. The quantitative estimate of drug-likeness (QED) is 0.848. The van der Waals surface area contributed by atoms with Crippen LogP contribution in [-0.2, 0) is 0 Å². The number of aromatic hydroxyl groups is 1. The van der Waals surface area contributed by atoms with Crippen LogP contribution in [0.25, 0.3) is 0 Å². The predicted octanol–water partition coefficient (Wildman–Crippen LogP) is 3.03. The molecular formula is C16H16N2O4. The van der Waals surface area contributed by atoms with Gasteiger partial charge in [0.25, 0.3) is 0 Å². The van der Waals surface area contributed by atoms with Gasteiger partial charge in [0.15, 0.2) is 5.88 Å². The van der Waals surface area contributed by atoms with Gasteiger partial charge in [-0.3, -0.25) is 4.99 Å². The van der Waals surface area contributed by atoms with Gasteiger partial charge >= 0.3 is 5.97 Å². The summed E-state index contributed by atoms with van der Waals surface area (Å²) in [5.41, 5.74) is 0.265. The maximum absolute atomic E-state index is 11.0. The van der Waals surface area contributed by atoms with E-state index in [-0.39, 0.29) is 11.3 Å². The zero-order valence-corrected chi connectivity index (χ0v) is 11.9. The van der Waals surface area contributed by atoms with Crippen molar-refractivity contribution in [3.05, 3.63) is 41.7 Å². The zero-order valence-electron chi connectivity index (χ0n) is 11.9. The summed E-state index contributed by atoms with van der Waals surface area (Å²) in [5.74, 6) is -0.0348. The first-order valence-electron chi connectivity index (χ1n) is 7.08. The van der Waals surface area contributed by atoms with Gasteiger partial charge < -0.3 is 19.5 Å². The van der Waals surface area contributed by atoms with Crippen molar-refractivity contribution in [1.29, 1.82) is 0 Å². The van der Waals surface area contributed by atoms with E-state index in [0.29, 0.717) is 11.4 Å². The molecule has 0 spiro atoms. The third-order valence-corrected chi connectivity index (χ3v) is 3.58. The summed E-state index contributed by atoms with van der Waals surface area (Å²) in [6.07, 6.45) is 3.89. The molecule has 0 saturated carbocycles. The summed E-state index contributed by atoms with van der Waals surface area (Å²) >= 11 is 0. The second kappa shape index (κ2) is 5.93. The second-order valence-electron chi connectivity index (χ2n) is 5.13. The van der Waals surface area contributed by atoms with Crippen LogP contribution in [0, 0.1) is 0 Å². The van der Waals surface area contributed by atoms with Gasteiger partial charge in [0.2, 0.25) is 0 Å². The molecule has 1 saturated heterocycles. The number of carbonyl (C=O) groups is 1. The molecule has 0 bridgehead atoms. The van der Waals surface area contributed by atoms with Crippen LogP contribution in [0.15, 0.2) is 39.7 Å². The Morgan fingerprint density at radius 2 is 2.00 bits per heavy atom. The van der Waals surface area contributed by atoms with Gasteiger partial charge in [0.05, 0.1) is 11.9 Å². The molecule has 22 heavy (non-hydrogen) atoms. The van der Waals surface area contributed by atoms with E-state index in [4.69, 9.17) is 9.52 Å². The number of furan rings is 1. The van der Waals surface area contributed by atoms with Crippen molar-refractivity contribution in [2.24, 2.45) is 4.99 Å². The molecule has 1 aromatic heterocycles. The normalized spacial score (nSPS) is 14.8. The molecule has 3 rings (SSSR count). The standard InChI is InChI=1S/C16H16N2O4/c19-14-5-3-11(9-13(14)16(20)21)17-10-12-4-6-15(22-12)18-7-1-2-8-18/h3-6,9-10,19H,1-2,7-8H2,(H,20,21). The lowest BCUT2D eigenvalue weighted by Crippen LogP contribution is -2.16. The molecule has 0 aliphatic carbocycles. The Hall–Kier alpha value is -2.76. The average Bonchev–Trinajstić information content (AvgIpc) is 3.17. The Labute approximate surface area is 127 Å². The molecule has 2 aromatic rings. The van der Waals surface area contributed by atoms with Crippen LogP contribution in [0.3, 0.4) is 0 Å². The van der Waals surface area contributed by atoms with E-state index in [9.17, 15) is 9.90 Å². The number of carboxylic acids is 1. The Morgan fingerprint density at radius 1 is 1.23 bits per heavy atom. The van der Waals surface area contributed by atoms with Crippen LogP contribution >= 0.6 is 0 Å². The van der Waals surface area contributed by atoms with Gasteiger partial charge in [0.1, 0.15) is 17.1 Å². The van der Waals surface area contributed by atoms with Gasteiger partial charge in [-0.05, 0) is 37.1 Å².